The van der Waals surface area contributed by atoms with Crippen LogP contribution in [-0.4, -0.2) is 21.5 Å². The van der Waals surface area contributed by atoms with Crippen molar-refractivity contribution in [3.05, 3.63) is 69.8 Å². The maximum Gasteiger partial charge on any atom is 0.270 e. The summed E-state index contributed by atoms with van der Waals surface area (Å²) in [6.45, 7) is 1.97. The van der Waals surface area contributed by atoms with E-state index in [1.807, 2.05) is 54.9 Å². The second kappa shape index (κ2) is 7.00. The van der Waals surface area contributed by atoms with Gasteiger partial charge in [0, 0.05) is 33.7 Å². The number of carbonyl (C=O) groups excluding carboxylic acids is 2. The van der Waals surface area contributed by atoms with Crippen molar-refractivity contribution >= 4 is 67.7 Å². The third-order valence-electron chi connectivity index (χ3n) is 4.92. The lowest BCUT2D eigenvalue weighted by Crippen LogP contribution is -2.54. The Kier molecular flexibility index (Phi) is 4.64. The molecule has 3 aromatic rings. The van der Waals surface area contributed by atoms with Gasteiger partial charge in [-0.25, -0.2) is 0 Å². The largest absolute Gasteiger partial charge is 0.347 e. The second-order valence-electron chi connectivity index (χ2n) is 6.51. The number of thiocarbonyl (C=S) groups is 1. The third kappa shape index (κ3) is 2.96. The lowest BCUT2D eigenvalue weighted by molar-refractivity contribution is -0.122. The van der Waals surface area contributed by atoms with Crippen LogP contribution in [0.25, 0.3) is 17.0 Å². The minimum Gasteiger partial charge on any atom is -0.347 e. The van der Waals surface area contributed by atoms with Gasteiger partial charge in [-0.2, -0.15) is 0 Å². The molecule has 0 saturated carbocycles. The first-order valence-electron chi connectivity index (χ1n) is 8.59. The predicted octanol–water partition coefficient (Wildman–Crippen LogP) is 4.08. The summed E-state index contributed by atoms with van der Waals surface area (Å²) >= 11 is 8.63. The van der Waals surface area contributed by atoms with Crippen LogP contribution in [0.5, 0.6) is 0 Å². The van der Waals surface area contributed by atoms with E-state index in [2.05, 4.69) is 21.2 Å². The molecule has 28 heavy (non-hydrogen) atoms. The number of benzene rings is 2. The van der Waals surface area contributed by atoms with E-state index in [1.54, 1.807) is 18.2 Å². The van der Waals surface area contributed by atoms with E-state index in [4.69, 9.17) is 12.2 Å². The standard InChI is InChI=1S/C21H16BrN3O2S/c1-12-16(15-5-3-4-6-18(15)24(12)2)11-17-19(26)23-21(28)25(20(17)27)14-9-7-13(22)8-10-14/h3-11H,1-2H3,(H,23,26,28)/b17-11-. The molecule has 1 aliphatic rings. The SMILES string of the molecule is Cc1c(/C=C2/C(=O)NC(=S)N(c3ccc(Br)cc3)C2=O)c2ccccc2n1C. The highest BCUT2D eigenvalue weighted by Gasteiger charge is 2.34. The van der Waals surface area contributed by atoms with Crippen LogP contribution in [0.2, 0.25) is 0 Å². The Bertz CT molecular complexity index is 1180. The monoisotopic (exact) mass is 453 g/mol. The fourth-order valence-corrected chi connectivity index (χ4v) is 3.90. The number of aromatic nitrogens is 1. The van der Waals surface area contributed by atoms with Crippen molar-refractivity contribution in [2.75, 3.05) is 4.90 Å². The van der Waals surface area contributed by atoms with Gasteiger partial charge < -0.3 is 4.57 Å². The summed E-state index contributed by atoms with van der Waals surface area (Å²) < 4.78 is 2.93. The number of rotatable bonds is 2. The minimum atomic E-state index is -0.490. The highest BCUT2D eigenvalue weighted by atomic mass is 79.9. The van der Waals surface area contributed by atoms with E-state index in [9.17, 15) is 9.59 Å². The molecular weight excluding hydrogens is 438 g/mol. The highest BCUT2D eigenvalue weighted by Crippen LogP contribution is 2.29. The Morgan fingerprint density at radius 3 is 2.46 bits per heavy atom. The number of carbonyl (C=O) groups is 2. The Balaban J connectivity index is 1.84. The van der Waals surface area contributed by atoms with Gasteiger partial charge in [0.25, 0.3) is 11.8 Å². The molecule has 0 bridgehead atoms. The van der Waals surface area contributed by atoms with Crippen LogP contribution in [0.1, 0.15) is 11.3 Å². The first-order chi connectivity index (χ1) is 13.4. The molecule has 1 aliphatic heterocycles. The van der Waals surface area contributed by atoms with Crippen LogP contribution in [0, 0.1) is 6.92 Å². The van der Waals surface area contributed by atoms with Crippen LogP contribution < -0.4 is 10.2 Å². The van der Waals surface area contributed by atoms with Gasteiger partial charge in [-0.05, 0) is 55.5 Å². The molecule has 2 amide bonds. The zero-order chi connectivity index (χ0) is 20.0. The molecule has 5 nitrogen and oxygen atoms in total. The number of fused-ring (bicyclic) bond motifs is 1. The van der Waals surface area contributed by atoms with E-state index >= 15 is 0 Å². The molecule has 2 heterocycles. The van der Waals surface area contributed by atoms with Gasteiger partial charge in [-0.3, -0.25) is 19.8 Å². The number of hydrogen-bond acceptors (Lipinski definition) is 3. The van der Waals surface area contributed by atoms with Crippen LogP contribution in [0.3, 0.4) is 0 Å². The first-order valence-corrected chi connectivity index (χ1v) is 9.79. The van der Waals surface area contributed by atoms with Crippen molar-refractivity contribution in [1.82, 2.24) is 9.88 Å². The van der Waals surface area contributed by atoms with Crippen LogP contribution in [0.4, 0.5) is 5.69 Å². The summed E-state index contributed by atoms with van der Waals surface area (Å²) in [5, 5.41) is 3.69. The molecule has 140 valence electrons. The maximum atomic E-state index is 13.2. The summed E-state index contributed by atoms with van der Waals surface area (Å²) in [6.07, 6.45) is 1.66. The molecule has 0 unspecified atom stereocenters. The van der Waals surface area contributed by atoms with E-state index < -0.39 is 11.8 Å². The molecule has 1 fully saturated rings. The van der Waals surface area contributed by atoms with Crippen LogP contribution >= 0.6 is 28.1 Å². The number of hydrogen-bond donors (Lipinski definition) is 1. The molecule has 1 N–H and O–H groups in total. The second-order valence-corrected chi connectivity index (χ2v) is 7.81. The molecule has 1 aromatic heterocycles. The summed E-state index contributed by atoms with van der Waals surface area (Å²) in [5.41, 5.74) is 3.50. The summed E-state index contributed by atoms with van der Waals surface area (Å²) in [7, 11) is 1.96. The number of nitrogens with zero attached hydrogens (tertiary/aromatic N) is 2. The lowest BCUT2D eigenvalue weighted by Gasteiger charge is -2.29. The first kappa shape index (κ1) is 18.6. The minimum absolute atomic E-state index is 0.0518. The number of amides is 2. The molecule has 0 aliphatic carbocycles. The van der Waals surface area contributed by atoms with Gasteiger partial charge in [0.05, 0.1) is 5.69 Å². The zero-order valence-electron chi connectivity index (χ0n) is 15.2. The molecule has 2 aromatic carbocycles. The van der Waals surface area contributed by atoms with Crippen molar-refractivity contribution in [3.63, 3.8) is 0 Å². The summed E-state index contributed by atoms with van der Waals surface area (Å²) in [6, 6.07) is 15.1. The molecule has 4 rings (SSSR count). The summed E-state index contributed by atoms with van der Waals surface area (Å²) in [5.74, 6) is -0.931. The fraction of sp³-hybridized carbons (Fsp3) is 0.0952. The Morgan fingerprint density at radius 1 is 1.07 bits per heavy atom. The molecule has 0 radical (unpaired) electrons. The average Bonchev–Trinajstić information content (AvgIpc) is 2.91. The maximum absolute atomic E-state index is 13.2. The van der Waals surface area contributed by atoms with Gasteiger partial charge in [-0.1, -0.05) is 34.1 Å². The van der Waals surface area contributed by atoms with Crippen molar-refractivity contribution in [1.29, 1.82) is 0 Å². The van der Waals surface area contributed by atoms with Crippen molar-refractivity contribution in [3.8, 4) is 0 Å². The molecule has 7 heteroatoms. The van der Waals surface area contributed by atoms with E-state index in [-0.39, 0.29) is 10.7 Å². The van der Waals surface area contributed by atoms with Crippen molar-refractivity contribution in [2.45, 2.75) is 6.92 Å². The predicted molar refractivity (Wildman–Crippen MR) is 118 cm³/mol. The number of para-hydroxylation sites is 1. The van der Waals surface area contributed by atoms with Crippen LogP contribution in [0.15, 0.2) is 58.6 Å². The smallest absolute Gasteiger partial charge is 0.270 e. The zero-order valence-corrected chi connectivity index (χ0v) is 17.6. The molecule has 0 atom stereocenters. The van der Waals surface area contributed by atoms with Crippen molar-refractivity contribution < 1.29 is 9.59 Å². The van der Waals surface area contributed by atoms with Crippen molar-refractivity contribution in [2.24, 2.45) is 7.05 Å². The summed E-state index contributed by atoms with van der Waals surface area (Å²) in [4.78, 5) is 27.1. The van der Waals surface area contributed by atoms with E-state index in [0.717, 1.165) is 26.6 Å². The van der Waals surface area contributed by atoms with Gasteiger partial charge in [0.2, 0.25) is 0 Å². The Hall–Kier alpha value is -2.77. The number of anilines is 1. The number of nitrogens with one attached hydrogen (secondary N) is 1. The molecular formula is C21H16BrN3O2S. The van der Waals surface area contributed by atoms with Gasteiger partial charge in [-0.15, -0.1) is 0 Å². The van der Waals surface area contributed by atoms with Crippen LogP contribution in [-0.2, 0) is 16.6 Å². The fourth-order valence-electron chi connectivity index (χ4n) is 3.36. The normalized spacial score (nSPS) is 16.2. The quantitative estimate of drug-likeness (QED) is 0.361. The Morgan fingerprint density at radius 2 is 1.75 bits per heavy atom. The van der Waals surface area contributed by atoms with Gasteiger partial charge >= 0.3 is 0 Å². The highest BCUT2D eigenvalue weighted by molar-refractivity contribution is 9.10. The molecule has 1 saturated heterocycles. The lowest BCUT2D eigenvalue weighted by atomic mass is 10.0. The molecule has 0 spiro atoms. The number of halogens is 1. The topological polar surface area (TPSA) is 54.3 Å². The Labute approximate surface area is 175 Å². The third-order valence-corrected chi connectivity index (χ3v) is 5.74. The van der Waals surface area contributed by atoms with E-state index in [1.165, 1.54) is 4.90 Å². The van der Waals surface area contributed by atoms with Gasteiger partial charge in [0.15, 0.2) is 5.11 Å². The van der Waals surface area contributed by atoms with E-state index in [0.29, 0.717) is 5.69 Å². The van der Waals surface area contributed by atoms with Gasteiger partial charge in [0.1, 0.15) is 5.57 Å². The average molecular weight is 454 g/mol. The number of aryl methyl sites for hydroxylation is 1.